The lowest BCUT2D eigenvalue weighted by Crippen LogP contribution is -2.16. The first-order valence-electron chi connectivity index (χ1n) is 8.69. The van der Waals surface area contributed by atoms with E-state index in [-0.39, 0.29) is 18.0 Å². The lowest BCUT2D eigenvalue weighted by atomic mass is 10.0. The number of benzene rings is 2. The number of esters is 1. The third-order valence-corrected chi connectivity index (χ3v) is 5.20. The molecule has 3 rings (SSSR count). The fourth-order valence-electron chi connectivity index (χ4n) is 2.79. The second-order valence-corrected chi connectivity index (χ2v) is 7.24. The fraction of sp³-hybridized carbons (Fsp3) is 0.143. The van der Waals surface area contributed by atoms with E-state index in [1.54, 1.807) is 5.38 Å². The number of carbonyl (C=O) groups excluding carboxylic acids is 2. The van der Waals surface area contributed by atoms with E-state index in [1.165, 1.54) is 42.7 Å². The number of methoxy groups -OCH3 is 1. The maximum absolute atomic E-state index is 12.5. The highest BCUT2D eigenvalue weighted by molar-refractivity contribution is 7.15. The van der Waals surface area contributed by atoms with Gasteiger partial charge in [-0.3, -0.25) is 14.9 Å². The SMILES string of the molecule is COC(=O)c1c(-c2ccc(C)cc2)csc1NC(=O)Cc1ccc([N+](=O)[O-])cc1. The van der Waals surface area contributed by atoms with E-state index in [4.69, 9.17) is 4.74 Å². The lowest BCUT2D eigenvalue weighted by Gasteiger charge is -2.08. The summed E-state index contributed by atoms with van der Waals surface area (Å²) in [6, 6.07) is 13.5. The van der Waals surface area contributed by atoms with Crippen LogP contribution in [0.1, 0.15) is 21.5 Å². The van der Waals surface area contributed by atoms with Gasteiger partial charge in [0.25, 0.3) is 5.69 Å². The van der Waals surface area contributed by atoms with Gasteiger partial charge in [-0.15, -0.1) is 11.3 Å². The number of nitrogens with zero attached hydrogens (tertiary/aromatic N) is 1. The Morgan fingerprint density at radius 3 is 2.34 bits per heavy atom. The number of thiophene rings is 1. The number of non-ortho nitro benzene ring substituents is 1. The largest absolute Gasteiger partial charge is 0.465 e. The second-order valence-electron chi connectivity index (χ2n) is 6.36. The van der Waals surface area contributed by atoms with E-state index in [0.29, 0.717) is 21.7 Å². The molecule has 0 spiro atoms. The summed E-state index contributed by atoms with van der Waals surface area (Å²) < 4.78 is 4.91. The smallest absolute Gasteiger partial charge is 0.341 e. The predicted molar refractivity (Wildman–Crippen MR) is 111 cm³/mol. The number of hydrogen-bond acceptors (Lipinski definition) is 6. The molecule has 0 saturated carbocycles. The van der Waals surface area contributed by atoms with Crippen LogP contribution in [0, 0.1) is 17.0 Å². The first kappa shape index (κ1) is 20.2. The quantitative estimate of drug-likeness (QED) is 0.364. The van der Waals surface area contributed by atoms with Gasteiger partial charge in [0.15, 0.2) is 0 Å². The number of rotatable bonds is 6. The Hall–Kier alpha value is -3.52. The Bertz CT molecular complexity index is 1060. The monoisotopic (exact) mass is 410 g/mol. The van der Waals surface area contributed by atoms with Crippen LogP contribution in [0.4, 0.5) is 10.7 Å². The highest BCUT2D eigenvalue weighted by Crippen LogP contribution is 2.36. The van der Waals surface area contributed by atoms with Crippen molar-refractivity contribution in [2.75, 3.05) is 12.4 Å². The van der Waals surface area contributed by atoms with Gasteiger partial charge in [-0.1, -0.05) is 42.0 Å². The van der Waals surface area contributed by atoms with Crippen molar-refractivity contribution in [2.45, 2.75) is 13.3 Å². The molecule has 2 aromatic carbocycles. The summed E-state index contributed by atoms with van der Waals surface area (Å²) in [5.41, 5.74) is 3.53. The van der Waals surface area contributed by atoms with Gasteiger partial charge in [0.2, 0.25) is 5.91 Å². The number of nitrogens with one attached hydrogen (secondary N) is 1. The molecule has 0 fully saturated rings. The molecule has 0 aliphatic carbocycles. The summed E-state index contributed by atoms with van der Waals surface area (Å²) in [7, 11) is 1.29. The molecule has 0 bridgehead atoms. The zero-order valence-corrected chi connectivity index (χ0v) is 16.6. The number of anilines is 1. The fourth-order valence-corrected chi connectivity index (χ4v) is 3.77. The average molecular weight is 410 g/mol. The normalized spacial score (nSPS) is 10.4. The Labute approximate surface area is 171 Å². The molecule has 1 amide bonds. The molecule has 0 aliphatic rings. The van der Waals surface area contributed by atoms with Gasteiger partial charge >= 0.3 is 5.97 Å². The number of hydrogen-bond donors (Lipinski definition) is 1. The van der Waals surface area contributed by atoms with Crippen molar-refractivity contribution in [3.63, 3.8) is 0 Å². The maximum Gasteiger partial charge on any atom is 0.341 e. The van der Waals surface area contributed by atoms with E-state index in [1.807, 2.05) is 31.2 Å². The van der Waals surface area contributed by atoms with Crippen molar-refractivity contribution < 1.29 is 19.2 Å². The number of amides is 1. The molecule has 1 aromatic heterocycles. The van der Waals surface area contributed by atoms with Crippen LogP contribution >= 0.6 is 11.3 Å². The van der Waals surface area contributed by atoms with Gasteiger partial charge < -0.3 is 10.1 Å². The minimum absolute atomic E-state index is 0.0242. The van der Waals surface area contributed by atoms with Gasteiger partial charge in [0.1, 0.15) is 10.6 Å². The van der Waals surface area contributed by atoms with Crippen molar-refractivity contribution in [2.24, 2.45) is 0 Å². The molecule has 148 valence electrons. The molecule has 0 radical (unpaired) electrons. The number of ether oxygens (including phenoxy) is 1. The van der Waals surface area contributed by atoms with E-state index < -0.39 is 10.9 Å². The lowest BCUT2D eigenvalue weighted by molar-refractivity contribution is -0.384. The van der Waals surface area contributed by atoms with Crippen LogP contribution in [0.25, 0.3) is 11.1 Å². The van der Waals surface area contributed by atoms with Crippen molar-refractivity contribution >= 4 is 33.9 Å². The standard InChI is InChI=1S/C21H18N2O5S/c1-13-3-7-15(8-4-13)17-12-29-20(19(17)21(25)28-2)22-18(24)11-14-5-9-16(10-6-14)23(26)27/h3-10,12H,11H2,1-2H3,(H,22,24). The summed E-state index contributed by atoms with van der Waals surface area (Å²) in [6.07, 6.45) is 0.0242. The van der Waals surface area contributed by atoms with E-state index in [0.717, 1.165) is 11.1 Å². The molecule has 0 unspecified atom stereocenters. The maximum atomic E-state index is 12.5. The van der Waals surface area contributed by atoms with E-state index in [2.05, 4.69) is 5.32 Å². The van der Waals surface area contributed by atoms with Crippen LogP contribution in [-0.4, -0.2) is 23.9 Å². The zero-order chi connectivity index (χ0) is 21.0. The van der Waals surface area contributed by atoms with Gasteiger partial charge in [0, 0.05) is 23.1 Å². The van der Waals surface area contributed by atoms with Crippen LogP contribution < -0.4 is 5.32 Å². The average Bonchev–Trinajstić information content (AvgIpc) is 3.11. The van der Waals surface area contributed by atoms with E-state index in [9.17, 15) is 19.7 Å². The number of nitro benzene ring substituents is 1. The number of nitro groups is 1. The highest BCUT2D eigenvalue weighted by Gasteiger charge is 2.22. The molecule has 0 saturated heterocycles. The molecule has 8 heteroatoms. The summed E-state index contributed by atoms with van der Waals surface area (Å²) >= 11 is 1.24. The minimum atomic E-state index is -0.535. The molecule has 1 heterocycles. The van der Waals surface area contributed by atoms with Crippen molar-refractivity contribution in [3.8, 4) is 11.1 Å². The second kappa shape index (κ2) is 8.66. The minimum Gasteiger partial charge on any atom is -0.465 e. The summed E-state index contributed by atoms with van der Waals surface area (Å²) in [5, 5.41) is 15.7. The Morgan fingerprint density at radius 1 is 1.10 bits per heavy atom. The van der Waals surface area contributed by atoms with Crippen molar-refractivity contribution in [3.05, 3.63) is 80.7 Å². The van der Waals surface area contributed by atoms with Crippen LogP contribution in [0.2, 0.25) is 0 Å². The molecule has 7 nitrogen and oxygen atoms in total. The molecule has 0 aliphatic heterocycles. The van der Waals surface area contributed by atoms with Crippen LogP contribution in [0.15, 0.2) is 53.9 Å². The third kappa shape index (κ3) is 4.67. The topological polar surface area (TPSA) is 98.5 Å². The van der Waals surface area contributed by atoms with Crippen molar-refractivity contribution in [1.82, 2.24) is 0 Å². The predicted octanol–water partition coefficient (Wildman–Crippen LogP) is 4.60. The highest BCUT2D eigenvalue weighted by atomic mass is 32.1. The molecule has 3 aromatic rings. The molecule has 1 N–H and O–H groups in total. The van der Waals surface area contributed by atoms with Gasteiger partial charge in [0.05, 0.1) is 18.5 Å². The molecule has 29 heavy (non-hydrogen) atoms. The summed E-state index contributed by atoms with van der Waals surface area (Å²) in [6.45, 7) is 1.97. The third-order valence-electron chi connectivity index (χ3n) is 4.31. The van der Waals surface area contributed by atoms with Crippen molar-refractivity contribution in [1.29, 1.82) is 0 Å². The van der Waals surface area contributed by atoms with Gasteiger partial charge in [-0.2, -0.15) is 0 Å². The first-order valence-corrected chi connectivity index (χ1v) is 9.57. The van der Waals surface area contributed by atoms with Crippen LogP contribution in [-0.2, 0) is 16.0 Å². The number of carbonyl (C=O) groups is 2. The number of aryl methyl sites for hydroxylation is 1. The molecular weight excluding hydrogens is 392 g/mol. The summed E-state index contributed by atoms with van der Waals surface area (Å²) in [5.74, 6) is -0.867. The van der Waals surface area contributed by atoms with Crippen LogP contribution in [0.5, 0.6) is 0 Å². The van der Waals surface area contributed by atoms with Crippen LogP contribution in [0.3, 0.4) is 0 Å². The first-order chi connectivity index (χ1) is 13.9. The summed E-state index contributed by atoms with van der Waals surface area (Å²) in [4.78, 5) is 35.1. The van der Waals surface area contributed by atoms with Gasteiger partial charge in [-0.25, -0.2) is 4.79 Å². The Kier molecular flexibility index (Phi) is 6.04. The Balaban J connectivity index is 1.82. The van der Waals surface area contributed by atoms with Gasteiger partial charge in [-0.05, 0) is 18.1 Å². The molecular formula is C21H18N2O5S. The Morgan fingerprint density at radius 2 is 1.76 bits per heavy atom. The zero-order valence-electron chi connectivity index (χ0n) is 15.8. The van der Waals surface area contributed by atoms with E-state index >= 15 is 0 Å². The molecule has 0 atom stereocenters.